The zero-order chi connectivity index (χ0) is 21.8. The van der Waals surface area contributed by atoms with Crippen LogP contribution in [0, 0.1) is 12.7 Å². The van der Waals surface area contributed by atoms with Crippen LogP contribution in [0.2, 0.25) is 10.0 Å². The number of hydrogen-bond acceptors (Lipinski definition) is 2. The van der Waals surface area contributed by atoms with Crippen LogP contribution in [0.15, 0.2) is 79.4 Å². The van der Waals surface area contributed by atoms with Crippen LogP contribution in [0.4, 0.5) is 4.39 Å². The lowest BCUT2D eigenvalue weighted by Crippen LogP contribution is -2.12. The smallest absolute Gasteiger partial charge is 0.126 e. The number of imidazole rings is 1. The largest absolute Gasteiger partial charge is 0.367 e. The van der Waals surface area contributed by atoms with Crippen LogP contribution in [0.25, 0.3) is 11.1 Å². The van der Waals surface area contributed by atoms with Crippen LogP contribution >= 0.6 is 23.2 Å². The van der Waals surface area contributed by atoms with Crippen molar-refractivity contribution < 1.29 is 9.13 Å². The Kier molecular flexibility index (Phi) is 6.71. The third kappa shape index (κ3) is 5.34. The third-order valence-corrected chi connectivity index (χ3v) is 5.70. The molecule has 0 aliphatic rings. The van der Waals surface area contributed by atoms with E-state index in [1.807, 2.05) is 53.2 Å². The molecule has 4 rings (SSSR count). The van der Waals surface area contributed by atoms with Crippen LogP contribution in [-0.4, -0.2) is 9.55 Å². The minimum absolute atomic E-state index is 0.196. The predicted octanol–water partition coefficient (Wildman–Crippen LogP) is 7.26. The normalized spacial score (nSPS) is 12.1. The van der Waals surface area contributed by atoms with Gasteiger partial charge in [-0.3, -0.25) is 0 Å². The summed E-state index contributed by atoms with van der Waals surface area (Å²) in [7, 11) is 0. The van der Waals surface area contributed by atoms with E-state index in [1.165, 1.54) is 6.07 Å². The van der Waals surface area contributed by atoms with Gasteiger partial charge in [0.2, 0.25) is 0 Å². The molecule has 0 saturated heterocycles. The van der Waals surface area contributed by atoms with Crippen LogP contribution < -0.4 is 0 Å². The Bertz CT molecular complexity index is 1160. The molecule has 0 N–H and O–H groups in total. The van der Waals surface area contributed by atoms with E-state index in [0.717, 1.165) is 22.3 Å². The lowest BCUT2D eigenvalue weighted by atomic mass is 10.0. The molecule has 0 radical (unpaired) electrons. The van der Waals surface area contributed by atoms with Gasteiger partial charge in [-0.1, -0.05) is 59.6 Å². The van der Waals surface area contributed by atoms with Gasteiger partial charge in [-0.2, -0.15) is 0 Å². The molecule has 4 aromatic rings. The number of nitrogens with zero attached hydrogens (tertiary/aromatic N) is 2. The molecule has 0 spiro atoms. The highest BCUT2D eigenvalue weighted by Gasteiger charge is 2.17. The first-order chi connectivity index (χ1) is 15.0. The first kappa shape index (κ1) is 21.6. The van der Waals surface area contributed by atoms with Gasteiger partial charge in [0.05, 0.1) is 19.5 Å². The maximum absolute atomic E-state index is 13.5. The van der Waals surface area contributed by atoms with E-state index >= 15 is 0 Å². The van der Waals surface area contributed by atoms with Gasteiger partial charge < -0.3 is 9.30 Å². The molecule has 158 valence electrons. The number of ether oxygens (including phenoxy) is 1. The summed E-state index contributed by atoms with van der Waals surface area (Å²) in [4.78, 5) is 4.10. The molecule has 0 aliphatic heterocycles. The summed E-state index contributed by atoms with van der Waals surface area (Å²) in [6.07, 6.45) is 5.11. The summed E-state index contributed by atoms with van der Waals surface area (Å²) < 4.78 is 21.8. The maximum Gasteiger partial charge on any atom is 0.126 e. The van der Waals surface area contributed by atoms with E-state index in [-0.39, 0.29) is 11.9 Å². The van der Waals surface area contributed by atoms with Crippen molar-refractivity contribution >= 4 is 23.2 Å². The van der Waals surface area contributed by atoms with Crippen LogP contribution in [0.3, 0.4) is 0 Å². The summed E-state index contributed by atoms with van der Waals surface area (Å²) in [6.45, 7) is 2.76. The highest BCUT2D eigenvalue weighted by molar-refractivity contribution is 6.35. The van der Waals surface area contributed by atoms with Gasteiger partial charge >= 0.3 is 0 Å². The van der Waals surface area contributed by atoms with Gasteiger partial charge in [-0.25, -0.2) is 9.37 Å². The number of aryl methyl sites for hydroxylation is 1. The number of aromatic nitrogens is 2. The lowest BCUT2D eigenvalue weighted by Gasteiger charge is -2.20. The molecule has 3 aromatic carbocycles. The van der Waals surface area contributed by atoms with Crippen molar-refractivity contribution in [2.45, 2.75) is 26.2 Å². The first-order valence-corrected chi connectivity index (χ1v) is 10.6. The van der Waals surface area contributed by atoms with Gasteiger partial charge in [0.1, 0.15) is 11.9 Å². The number of rotatable bonds is 7. The Morgan fingerprint density at radius 2 is 1.77 bits per heavy atom. The maximum atomic E-state index is 13.5. The van der Waals surface area contributed by atoms with Gasteiger partial charge in [0.15, 0.2) is 0 Å². The van der Waals surface area contributed by atoms with Crippen LogP contribution in [0.5, 0.6) is 0 Å². The molecular formula is C25H21Cl2FN2O. The van der Waals surface area contributed by atoms with E-state index in [2.05, 4.69) is 4.98 Å². The average Bonchev–Trinajstić information content (AvgIpc) is 3.27. The van der Waals surface area contributed by atoms with E-state index in [9.17, 15) is 4.39 Å². The molecule has 3 nitrogen and oxygen atoms in total. The molecule has 1 heterocycles. The zero-order valence-corrected chi connectivity index (χ0v) is 18.4. The number of hydrogen-bond donors (Lipinski definition) is 0. The van der Waals surface area contributed by atoms with E-state index in [1.54, 1.807) is 31.6 Å². The Labute approximate surface area is 191 Å². The van der Waals surface area contributed by atoms with Gasteiger partial charge in [0, 0.05) is 28.0 Å². The van der Waals surface area contributed by atoms with Crippen LogP contribution in [-0.2, 0) is 17.9 Å². The highest BCUT2D eigenvalue weighted by atomic mass is 35.5. The molecule has 0 saturated carbocycles. The highest BCUT2D eigenvalue weighted by Crippen LogP contribution is 2.31. The Hall–Kier alpha value is -2.66. The number of halogens is 3. The fourth-order valence-electron chi connectivity index (χ4n) is 3.40. The van der Waals surface area contributed by atoms with Crippen molar-refractivity contribution in [3.63, 3.8) is 0 Å². The van der Waals surface area contributed by atoms with Crippen LogP contribution in [0.1, 0.15) is 22.8 Å². The molecule has 31 heavy (non-hydrogen) atoms. The van der Waals surface area contributed by atoms with E-state index in [4.69, 9.17) is 27.9 Å². The topological polar surface area (TPSA) is 27.1 Å². The monoisotopic (exact) mass is 454 g/mol. The minimum Gasteiger partial charge on any atom is -0.367 e. The van der Waals surface area contributed by atoms with Crippen molar-refractivity contribution in [2.24, 2.45) is 0 Å². The lowest BCUT2D eigenvalue weighted by molar-refractivity contribution is 0.0280. The Balaban J connectivity index is 1.50. The van der Waals surface area contributed by atoms with Gasteiger partial charge in [0.25, 0.3) is 0 Å². The Morgan fingerprint density at radius 1 is 1.00 bits per heavy atom. The van der Waals surface area contributed by atoms with Crippen molar-refractivity contribution in [3.8, 4) is 11.1 Å². The van der Waals surface area contributed by atoms with Crippen molar-refractivity contribution in [1.82, 2.24) is 9.55 Å². The predicted molar refractivity (Wildman–Crippen MR) is 123 cm³/mol. The first-order valence-electron chi connectivity index (χ1n) is 9.87. The second-order valence-corrected chi connectivity index (χ2v) is 8.23. The van der Waals surface area contributed by atoms with Gasteiger partial charge in [-0.05, 0) is 53.4 Å². The second-order valence-electron chi connectivity index (χ2n) is 7.39. The fourth-order valence-corrected chi connectivity index (χ4v) is 3.93. The SMILES string of the molecule is Cc1cc(-c2ccc(COC(Cn3ccnc3)c3ccc(Cl)cc3Cl)cc2)ccc1F. The molecule has 1 unspecified atom stereocenters. The second kappa shape index (κ2) is 9.65. The molecule has 0 amide bonds. The summed E-state index contributed by atoms with van der Waals surface area (Å²) in [6, 6.07) is 18.6. The molecule has 0 aliphatic carbocycles. The Morgan fingerprint density at radius 3 is 2.45 bits per heavy atom. The van der Waals surface area contributed by atoms with Crippen molar-refractivity contribution in [1.29, 1.82) is 0 Å². The molecule has 1 atom stereocenters. The van der Waals surface area contributed by atoms with Crippen molar-refractivity contribution in [2.75, 3.05) is 0 Å². The van der Waals surface area contributed by atoms with E-state index in [0.29, 0.717) is 28.8 Å². The third-order valence-electron chi connectivity index (χ3n) is 5.14. The summed E-state index contributed by atoms with van der Waals surface area (Å²) in [5.41, 5.74) is 4.55. The summed E-state index contributed by atoms with van der Waals surface area (Å²) >= 11 is 12.5. The average molecular weight is 455 g/mol. The molecule has 0 bridgehead atoms. The molecule has 0 fully saturated rings. The van der Waals surface area contributed by atoms with Crippen molar-refractivity contribution in [3.05, 3.63) is 112 Å². The molecular weight excluding hydrogens is 434 g/mol. The molecule has 1 aromatic heterocycles. The van der Waals surface area contributed by atoms with E-state index < -0.39 is 0 Å². The van der Waals surface area contributed by atoms with Gasteiger partial charge in [-0.15, -0.1) is 0 Å². The quantitative estimate of drug-likeness (QED) is 0.293. The number of benzene rings is 3. The standard InChI is InChI=1S/C25H21Cl2FN2O/c1-17-12-20(6-9-24(17)28)19-4-2-18(3-5-19)15-31-25(14-30-11-10-29-16-30)22-8-7-21(26)13-23(22)27/h2-13,16,25H,14-15H2,1H3. The minimum atomic E-state index is -0.265. The molecule has 6 heteroatoms. The fraction of sp³-hybridized carbons (Fsp3) is 0.160. The zero-order valence-electron chi connectivity index (χ0n) is 16.9. The summed E-state index contributed by atoms with van der Waals surface area (Å²) in [5.74, 6) is -0.196. The summed E-state index contributed by atoms with van der Waals surface area (Å²) in [5, 5.41) is 1.15.